The van der Waals surface area contributed by atoms with Gasteiger partial charge in [-0.15, -0.1) is 17.0 Å². The molecule has 1 aliphatic heterocycles. The molecule has 0 bridgehead atoms. The summed E-state index contributed by atoms with van der Waals surface area (Å²) in [7, 11) is -3.57. The van der Waals surface area contributed by atoms with Crippen molar-refractivity contribution in [3.05, 3.63) is 53.6 Å². The minimum Gasteiger partial charge on any atom is -0.506 e. The molecule has 1 heterocycles. The van der Waals surface area contributed by atoms with E-state index in [1.165, 1.54) is 18.2 Å². The maximum atomic E-state index is 12.5. The number of halogens is 1. The number of carbonyl (C=O) groups excluding carboxylic acids is 1. The van der Waals surface area contributed by atoms with Crippen LogP contribution < -0.4 is 14.9 Å². The highest BCUT2D eigenvalue weighted by atomic mass is 79.9. The van der Waals surface area contributed by atoms with Crippen molar-refractivity contribution in [2.75, 3.05) is 29.0 Å². The van der Waals surface area contributed by atoms with E-state index in [1.54, 1.807) is 4.90 Å². The van der Waals surface area contributed by atoms with Gasteiger partial charge in [0.1, 0.15) is 11.9 Å². The first-order chi connectivity index (χ1) is 15.4. The molecule has 188 valence electrons. The highest BCUT2D eigenvalue weighted by Gasteiger charge is 2.31. The van der Waals surface area contributed by atoms with Crippen LogP contribution >= 0.6 is 17.0 Å². The number of amides is 1. The summed E-state index contributed by atoms with van der Waals surface area (Å²) in [6, 6.07) is 11.9. The molecule has 0 radical (unpaired) electrons. The number of hydrogen-bond donors (Lipinski definition) is 4. The fraction of sp³-hybridized carbons (Fsp3) is 0.435. The molecule has 2 unspecified atom stereocenters. The molecule has 1 amide bonds. The quantitative estimate of drug-likeness (QED) is 0.344. The second kappa shape index (κ2) is 10.9. The smallest absolute Gasteiger partial charge is 0.414 e. The molecule has 0 aromatic heterocycles. The normalized spacial score (nSPS) is 16.8. The molecule has 0 spiro atoms. The van der Waals surface area contributed by atoms with E-state index in [0.717, 1.165) is 17.5 Å². The van der Waals surface area contributed by atoms with Gasteiger partial charge in [-0.2, -0.15) is 0 Å². The van der Waals surface area contributed by atoms with E-state index >= 15 is 0 Å². The van der Waals surface area contributed by atoms with Gasteiger partial charge in [-0.3, -0.25) is 9.62 Å². The molecule has 4 N–H and O–H groups in total. The zero-order valence-corrected chi connectivity index (χ0v) is 22.1. The van der Waals surface area contributed by atoms with Gasteiger partial charge in [0, 0.05) is 24.2 Å². The van der Waals surface area contributed by atoms with Crippen LogP contribution in [0.15, 0.2) is 42.5 Å². The van der Waals surface area contributed by atoms with Crippen molar-refractivity contribution >= 4 is 44.5 Å². The third-order valence-corrected chi connectivity index (χ3v) is 6.19. The maximum Gasteiger partial charge on any atom is 0.414 e. The van der Waals surface area contributed by atoms with E-state index in [4.69, 9.17) is 4.74 Å². The number of aromatic hydroxyl groups is 1. The van der Waals surface area contributed by atoms with Crippen LogP contribution in [0.1, 0.15) is 50.5 Å². The van der Waals surface area contributed by atoms with E-state index in [-0.39, 0.29) is 47.2 Å². The summed E-state index contributed by atoms with van der Waals surface area (Å²) in [5.41, 5.74) is 1.83. The second-order valence-corrected chi connectivity index (χ2v) is 10.7. The van der Waals surface area contributed by atoms with E-state index in [2.05, 4.69) is 10.0 Å². The number of cyclic esters (lactones) is 1. The number of aliphatic hydroxyl groups is 1. The Labute approximate surface area is 210 Å². The number of rotatable bonds is 9. The van der Waals surface area contributed by atoms with Crippen molar-refractivity contribution in [1.82, 2.24) is 5.32 Å². The average molecular weight is 558 g/mol. The summed E-state index contributed by atoms with van der Waals surface area (Å²) >= 11 is 0. The van der Waals surface area contributed by atoms with Crippen LogP contribution in [-0.2, 0) is 14.8 Å². The van der Waals surface area contributed by atoms with Crippen molar-refractivity contribution < 1.29 is 28.2 Å². The van der Waals surface area contributed by atoms with Crippen molar-refractivity contribution in [2.24, 2.45) is 0 Å². The molecule has 0 saturated heterocycles. The van der Waals surface area contributed by atoms with Crippen molar-refractivity contribution in [3.8, 4) is 5.75 Å². The fourth-order valence-electron chi connectivity index (χ4n) is 3.68. The number of carbonyl (C=O) groups is 1. The summed E-state index contributed by atoms with van der Waals surface area (Å²) in [6.45, 7) is 6.41. The molecule has 9 nitrogen and oxygen atoms in total. The van der Waals surface area contributed by atoms with Gasteiger partial charge in [-0.05, 0) is 51.0 Å². The molecule has 2 atom stereocenters. The lowest BCUT2D eigenvalue weighted by Gasteiger charge is -2.35. The molecule has 1 aliphatic rings. The van der Waals surface area contributed by atoms with Crippen LogP contribution in [-0.4, -0.2) is 49.6 Å². The van der Waals surface area contributed by atoms with Crippen LogP contribution in [0.2, 0.25) is 0 Å². The lowest BCUT2D eigenvalue weighted by Crippen LogP contribution is -2.46. The third-order valence-electron chi connectivity index (χ3n) is 5.60. The van der Waals surface area contributed by atoms with E-state index < -0.39 is 21.7 Å². The summed E-state index contributed by atoms with van der Waals surface area (Å²) in [6.07, 6.45) is -0.0395. The van der Waals surface area contributed by atoms with Crippen molar-refractivity contribution in [3.63, 3.8) is 0 Å². The number of para-hydroxylation sites is 1. The minimum absolute atomic E-state index is 0. The Kier molecular flexibility index (Phi) is 8.98. The maximum absolute atomic E-state index is 12.5. The van der Waals surface area contributed by atoms with Gasteiger partial charge >= 0.3 is 6.09 Å². The predicted molar refractivity (Wildman–Crippen MR) is 137 cm³/mol. The van der Waals surface area contributed by atoms with Crippen LogP contribution in [0.25, 0.3) is 0 Å². The van der Waals surface area contributed by atoms with E-state index in [1.807, 2.05) is 45.0 Å². The molecular formula is C23H32BrN3O6S. The van der Waals surface area contributed by atoms with E-state index in [0.29, 0.717) is 18.5 Å². The molecule has 2 aromatic carbocycles. The molecular weight excluding hydrogens is 526 g/mol. The number of fused-ring (bicyclic) bond motifs is 1. The standard InChI is InChI=1S/C23H31N3O6S.BrH/c1-15-17-7-5-6-8-19(17)26(22(29)32-15)12-11-23(2,3)24-14-21(28)16-9-10-20(27)18(13-16)25-33(4,30)31;/h5-10,13,15,21,24-25,27-28H,11-12,14H2,1-4H3;1H. The average Bonchev–Trinajstić information content (AvgIpc) is 2.72. The molecule has 3 rings (SSSR count). The number of sulfonamides is 1. The van der Waals surface area contributed by atoms with Gasteiger partial charge in [-0.1, -0.05) is 24.3 Å². The van der Waals surface area contributed by atoms with Crippen LogP contribution in [0.3, 0.4) is 0 Å². The topological polar surface area (TPSA) is 128 Å². The highest BCUT2D eigenvalue weighted by Crippen LogP contribution is 2.34. The second-order valence-electron chi connectivity index (χ2n) is 8.92. The van der Waals surface area contributed by atoms with Gasteiger partial charge in [-0.25, -0.2) is 13.2 Å². The third kappa shape index (κ3) is 7.08. The first-order valence-electron chi connectivity index (χ1n) is 10.7. The molecule has 11 heteroatoms. The molecule has 34 heavy (non-hydrogen) atoms. The summed E-state index contributed by atoms with van der Waals surface area (Å²) in [5, 5.41) is 23.8. The Morgan fingerprint density at radius 2 is 1.88 bits per heavy atom. The van der Waals surface area contributed by atoms with Gasteiger partial charge in [0.05, 0.1) is 23.7 Å². The van der Waals surface area contributed by atoms with Crippen LogP contribution in [0.4, 0.5) is 16.2 Å². The SMILES string of the molecule is Br.CC1OC(=O)N(CCC(C)(C)NCC(O)c2ccc(O)c(NS(C)(=O)=O)c2)c2ccccc21. The summed E-state index contributed by atoms with van der Waals surface area (Å²) in [5.74, 6) is -0.229. The summed E-state index contributed by atoms with van der Waals surface area (Å²) < 4.78 is 30.6. The van der Waals surface area contributed by atoms with Gasteiger partial charge in [0.15, 0.2) is 0 Å². The number of phenolic OH excluding ortho intramolecular Hbond substituents is 1. The number of nitrogens with zero attached hydrogens (tertiary/aromatic N) is 1. The van der Waals surface area contributed by atoms with Gasteiger partial charge in [0.2, 0.25) is 10.0 Å². The molecule has 0 saturated carbocycles. The van der Waals surface area contributed by atoms with Crippen LogP contribution in [0.5, 0.6) is 5.75 Å². The largest absolute Gasteiger partial charge is 0.506 e. The molecule has 0 fully saturated rings. The van der Waals surface area contributed by atoms with Crippen molar-refractivity contribution in [2.45, 2.75) is 44.9 Å². The minimum atomic E-state index is -3.57. The van der Waals surface area contributed by atoms with Crippen LogP contribution in [0, 0.1) is 0 Å². The Bertz CT molecular complexity index is 1130. The number of anilines is 2. The number of ether oxygens (including phenoxy) is 1. The number of β-amino-alcohol motifs (C(OH)–C–C–N with tert-alkyl or cyclic N) is 1. The Morgan fingerprint density at radius 1 is 1.21 bits per heavy atom. The number of nitrogens with one attached hydrogen (secondary N) is 2. The van der Waals surface area contributed by atoms with E-state index in [9.17, 15) is 23.4 Å². The molecule has 2 aromatic rings. The summed E-state index contributed by atoms with van der Waals surface area (Å²) in [4.78, 5) is 14.1. The zero-order valence-electron chi connectivity index (χ0n) is 19.6. The Morgan fingerprint density at radius 3 is 2.56 bits per heavy atom. The molecule has 0 aliphatic carbocycles. The first-order valence-corrected chi connectivity index (χ1v) is 12.6. The lowest BCUT2D eigenvalue weighted by molar-refractivity contribution is 0.107. The first kappa shape index (κ1) is 27.9. The Balaban J connectivity index is 0.00000408. The van der Waals surface area contributed by atoms with Gasteiger partial charge < -0.3 is 20.3 Å². The number of hydrogen-bond acceptors (Lipinski definition) is 7. The monoisotopic (exact) mass is 557 g/mol. The zero-order chi connectivity index (χ0) is 24.4. The van der Waals surface area contributed by atoms with Crippen molar-refractivity contribution in [1.29, 1.82) is 0 Å². The Hall–Kier alpha value is -2.34. The number of aliphatic hydroxyl groups excluding tert-OH is 1. The number of phenols is 1. The van der Waals surface area contributed by atoms with Gasteiger partial charge in [0.25, 0.3) is 0 Å². The highest BCUT2D eigenvalue weighted by molar-refractivity contribution is 8.93. The lowest BCUT2D eigenvalue weighted by atomic mass is 9.98. The fourth-order valence-corrected chi connectivity index (χ4v) is 4.24. The number of benzene rings is 2. The predicted octanol–water partition coefficient (Wildman–Crippen LogP) is 3.85.